The Bertz CT molecular complexity index is 1440. The molecule has 0 aliphatic heterocycles. The van der Waals surface area contributed by atoms with Crippen LogP contribution < -0.4 is 0 Å². The quantitative estimate of drug-likeness (QED) is 0.239. The summed E-state index contributed by atoms with van der Waals surface area (Å²) in [5, 5.41) is 59.5. The summed E-state index contributed by atoms with van der Waals surface area (Å²) >= 11 is 0. The number of hydrogen-bond acceptors (Lipinski definition) is 6. The van der Waals surface area contributed by atoms with Crippen LogP contribution in [0.3, 0.4) is 0 Å². The zero-order chi connectivity index (χ0) is 33.2. The van der Waals surface area contributed by atoms with Crippen LogP contribution in [0.25, 0.3) is 0 Å². The Labute approximate surface area is 281 Å². The number of aliphatic hydroxyl groups is 5. The van der Waals surface area contributed by atoms with Gasteiger partial charge in [-0.25, -0.2) is 0 Å². The van der Waals surface area contributed by atoms with Crippen LogP contribution in [0.15, 0.2) is 23.8 Å². The van der Waals surface area contributed by atoms with Gasteiger partial charge in [-0.15, -0.1) is 0 Å². The summed E-state index contributed by atoms with van der Waals surface area (Å²) in [6.07, 6.45) is 17.9. The van der Waals surface area contributed by atoms with Crippen molar-refractivity contribution in [2.45, 2.75) is 148 Å². The standard InChI is InChI=1S/C41H60O6/c1-34(2)21-26-25-20-27(43)33-37-14-5-6-15-38(33,18-12-28(37)35(3,32(46)22-42)30(44)13-17-37)36(25,4)29-9-10-31(45)41(26)39(23-34)16-7-8-24(39)11-19-40(29,41)47/h11,19-20,24,26,28-33,42,44-47H,5-10,12-18,21-23H2,1-4H3/t24-,26-,28-,29+,30+,31+,32-,33-,35+,36+,37+,38-,39-,40+,41+/m1/s1. The molecule has 9 rings (SSSR count). The van der Waals surface area contributed by atoms with Gasteiger partial charge in [-0.05, 0) is 123 Å². The molecular weight excluding hydrogens is 588 g/mol. The fourth-order valence-electron chi connectivity index (χ4n) is 17.5. The van der Waals surface area contributed by atoms with E-state index in [0.717, 1.165) is 83.5 Å². The van der Waals surface area contributed by atoms with Gasteiger partial charge in [0, 0.05) is 28.1 Å². The second-order valence-corrected chi connectivity index (χ2v) is 19.9. The molecule has 47 heavy (non-hydrogen) atoms. The number of aliphatic hydroxyl groups excluding tert-OH is 4. The molecule has 7 saturated carbocycles. The summed E-state index contributed by atoms with van der Waals surface area (Å²) < 4.78 is 0. The Kier molecular flexibility index (Phi) is 6.40. The Balaban J connectivity index is 1.31. The molecule has 6 nitrogen and oxygen atoms in total. The topological polar surface area (TPSA) is 118 Å². The lowest BCUT2D eigenvalue weighted by molar-refractivity contribution is -0.338. The van der Waals surface area contributed by atoms with E-state index in [0.29, 0.717) is 18.8 Å². The van der Waals surface area contributed by atoms with Crippen LogP contribution in [0.2, 0.25) is 0 Å². The van der Waals surface area contributed by atoms with E-state index in [4.69, 9.17) is 0 Å². The van der Waals surface area contributed by atoms with Crippen LogP contribution in [0.1, 0.15) is 124 Å². The predicted octanol–water partition coefficient (Wildman–Crippen LogP) is 5.88. The molecule has 0 aromatic carbocycles. The highest BCUT2D eigenvalue weighted by Gasteiger charge is 2.85. The Morgan fingerprint density at radius 2 is 1.60 bits per heavy atom. The first-order valence-corrected chi connectivity index (χ1v) is 19.5. The molecule has 260 valence electrons. The van der Waals surface area contributed by atoms with Crippen LogP contribution in [0.5, 0.6) is 0 Å². The van der Waals surface area contributed by atoms with Crippen molar-refractivity contribution in [3.8, 4) is 0 Å². The summed E-state index contributed by atoms with van der Waals surface area (Å²) in [7, 11) is 0. The number of fused-ring (bicyclic) bond motifs is 3. The first kappa shape index (κ1) is 31.9. The van der Waals surface area contributed by atoms with Gasteiger partial charge >= 0.3 is 0 Å². The molecule has 6 heteroatoms. The molecule has 7 fully saturated rings. The number of carbonyl (C=O) groups excluding carboxylic acids is 1. The molecule has 5 N–H and O–H groups in total. The third kappa shape index (κ3) is 3.16. The maximum atomic E-state index is 15.4. The van der Waals surface area contributed by atoms with Gasteiger partial charge in [-0.2, -0.15) is 0 Å². The van der Waals surface area contributed by atoms with Gasteiger partial charge in [0.25, 0.3) is 0 Å². The van der Waals surface area contributed by atoms with Gasteiger partial charge < -0.3 is 25.5 Å². The van der Waals surface area contributed by atoms with Gasteiger partial charge in [0.1, 0.15) is 0 Å². The zero-order valence-electron chi connectivity index (χ0n) is 29.3. The van der Waals surface area contributed by atoms with Gasteiger partial charge in [-0.1, -0.05) is 64.7 Å². The molecule has 0 radical (unpaired) electrons. The highest BCUT2D eigenvalue weighted by Crippen LogP contribution is 2.86. The van der Waals surface area contributed by atoms with Gasteiger partial charge in [0.2, 0.25) is 0 Å². The van der Waals surface area contributed by atoms with E-state index in [1.165, 1.54) is 5.57 Å². The van der Waals surface area contributed by atoms with E-state index in [9.17, 15) is 25.5 Å². The normalized spacial score (nSPS) is 59.0. The highest BCUT2D eigenvalue weighted by atomic mass is 16.3. The summed E-state index contributed by atoms with van der Waals surface area (Å²) in [5.74, 6) is 0.163. The fraction of sp³-hybridized carbons (Fsp3) is 0.878. The smallest absolute Gasteiger partial charge is 0.159 e. The molecule has 0 aromatic heterocycles. The number of ketones is 1. The average molecular weight is 649 g/mol. The van der Waals surface area contributed by atoms with Crippen molar-refractivity contribution in [3.05, 3.63) is 23.8 Å². The molecule has 4 bridgehead atoms. The number of allylic oxidation sites excluding steroid dienone is 3. The Morgan fingerprint density at radius 1 is 0.851 bits per heavy atom. The third-order valence-corrected chi connectivity index (χ3v) is 18.6. The van der Waals surface area contributed by atoms with Crippen LogP contribution >= 0.6 is 0 Å². The maximum absolute atomic E-state index is 15.4. The largest absolute Gasteiger partial charge is 0.394 e. The van der Waals surface area contributed by atoms with Gasteiger partial charge in [0.15, 0.2) is 5.78 Å². The van der Waals surface area contributed by atoms with Gasteiger partial charge in [0.05, 0.1) is 30.5 Å². The Morgan fingerprint density at radius 3 is 2.36 bits per heavy atom. The molecule has 0 aromatic rings. The molecule has 15 atom stereocenters. The summed E-state index contributed by atoms with van der Waals surface area (Å²) in [4.78, 5) is 15.4. The van der Waals surface area contributed by atoms with E-state index in [1.54, 1.807) is 0 Å². The first-order valence-electron chi connectivity index (χ1n) is 19.5. The van der Waals surface area contributed by atoms with Crippen LogP contribution in [-0.4, -0.2) is 61.8 Å². The van der Waals surface area contributed by atoms with Crippen molar-refractivity contribution in [1.82, 2.24) is 0 Å². The lowest BCUT2D eigenvalue weighted by atomic mass is 9.23. The number of hydrogen-bond donors (Lipinski definition) is 5. The summed E-state index contributed by atoms with van der Waals surface area (Å²) in [5.41, 5.74) is -2.69. The molecular formula is C41H60O6. The summed E-state index contributed by atoms with van der Waals surface area (Å²) in [6, 6.07) is 0. The second kappa shape index (κ2) is 9.43. The van der Waals surface area contributed by atoms with E-state index in [2.05, 4.69) is 39.0 Å². The van der Waals surface area contributed by atoms with Crippen LogP contribution in [0.4, 0.5) is 0 Å². The van der Waals surface area contributed by atoms with Crippen molar-refractivity contribution < 1.29 is 30.3 Å². The average Bonchev–Trinajstić information content (AvgIpc) is 3.38. The van der Waals surface area contributed by atoms with Crippen molar-refractivity contribution >= 4 is 5.78 Å². The molecule has 0 heterocycles. The minimum Gasteiger partial charge on any atom is -0.394 e. The molecule has 0 saturated heterocycles. The predicted molar refractivity (Wildman–Crippen MR) is 179 cm³/mol. The van der Waals surface area contributed by atoms with E-state index in [1.807, 2.05) is 6.92 Å². The van der Waals surface area contributed by atoms with E-state index in [-0.39, 0.29) is 51.1 Å². The molecule has 0 unspecified atom stereocenters. The Hall–Kier alpha value is -1.05. The zero-order valence-corrected chi connectivity index (χ0v) is 29.3. The van der Waals surface area contributed by atoms with E-state index >= 15 is 4.79 Å². The maximum Gasteiger partial charge on any atom is 0.159 e. The molecule has 9 aliphatic rings. The minimum absolute atomic E-state index is 0.0258. The van der Waals surface area contributed by atoms with Crippen molar-refractivity contribution in [2.24, 2.45) is 67.5 Å². The molecule has 3 spiro atoms. The van der Waals surface area contributed by atoms with Crippen molar-refractivity contribution in [2.75, 3.05) is 6.61 Å². The third-order valence-electron chi connectivity index (χ3n) is 18.6. The first-order chi connectivity index (χ1) is 22.2. The highest BCUT2D eigenvalue weighted by molar-refractivity contribution is 5.96. The fourth-order valence-corrected chi connectivity index (χ4v) is 17.5. The monoisotopic (exact) mass is 648 g/mol. The SMILES string of the molecule is CC1(C)C[C@@H]2C3=CC(=O)[C@@H]4[C@]56CCCC[C@]4(CC[C@@H]5[C@](C)([C@H](O)CO)[C@@H](O)CC6)[C@]3(C)[C@@H]3CC[C@H](O)[C@]24[C@]2(CCC[C@@H]2C=C[C@]34O)C1. The number of carbonyl (C=O) groups is 1. The molecule has 9 aliphatic carbocycles. The van der Waals surface area contributed by atoms with Crippen LogP contribution in [-0.2, 0) is 4.79 Å². The minimum atomic E-state index is -1.14. The second-order valence-electron chi connectivity index (χ2n) is 19.9. The van der Waals surface area contributed by atoms with Gasteiger partial charge in [-0.3, -0.25) is 4.79 Å². The van der Waals surface area contributed by atoms with Crippen molar-refractivity contribution in [1.29, 1.82) is 0 Å². The number of rotatable bonds is 2. The molecule has 0 amide bonds. The summed E-state index contributed by atoms with van der Waals surface area (Å²) in [6.45, 7) is 8.85. The lowest BCUT2D eigenvalue weighted by Crippen LogP contribution is -2.82. The van der Waals surface area contributed by atoms with Crippen LogP contribution in [0, 0.1) is 67.5 Å². The van der Waals surface area contributed by atoms with Crippen molar-refractivity contribution in [3.63, 3.8) is 0 Å². The lowest BCUT2D eigenvalue weighted by Gasteiger charge is -2.81. The van der Waals surface area contributed by atoms with E-state index < -0.39 is 46.8 Å².